The van der Waals surface area contributed by atoms with Gasteiger partial charge in [0.05, 0.1) is 21.3 Å². The molecule has 104 valence electrons. The van der Waals surface area contributed by atoms with Crippen LogP contribution < -0.4 is 14.2 Å². The zero-order valence-electron chi connectivity index (χ0n) is 11.0. The van der Waals surface area contributed by atoms with Gasteiger partial charge in [-0.15, -0.1) is 0 Å². The lowest BCUT2D eigenvalue weighted by atomic mass is 10.1. The van der Waals surface area contributed by atoms with E-state index in [0.717, 1.165) is 4.90 Å². The van der Waals surface area contributed by atoms with E-state index in [-0.39, 0.29) is 5.56 Å². The fourth-order valence-electron chi connectivity index (χ4n) is 1.48. The fourth-order valence-corrected chi connectivity index (χ4v) is 1.55. The number of imide groups is 1. The Morgan fingerprint density at radius 3 is 1.84 bits per heavy atom. The molecule has 1 aromatic carbocycles. The maximum absolute atomic E-state index is 12.0. The van der Waals surface area contributed by atoms with E-state index in [1.165, 1.54) is 40.5 Å². The predicted molar refractivity (Wildman–Crippen MR) is 69.4 cm³/mol. The highest BCUT2D eigenvalue weighted by Crippen LogP contribution is 2.38. The third-order valence-electron chi connectivity index (χ3n) is 2.48. The van der Waals surface area contributed by atoms with E-state index >= 15 is 0 Å². The molecule has 2 amide bonds. The number of benzene rings is 1. The summed E-state index contributed by atoms with van der Waals surface area (Å²) in [6, 6.07) is 2.89. The minimum Gasteiger partial charge on any atom is -0.493 e. The second-order valence-corrected chi connectivity index (χ2v) is 3.85. The van der Waals surface area contributed by atoms with Crippen LogP contribution in [0, 0.1) is 0 Å². The molecule has 0 spiro atoms. The molecule has 0 heterocycles. The summed E-state index contributed by atoms with van der Waals surface area (Å²) in [4.78, 5) is 23.7. The van der Waals surface area contributed by atoms with E-state index in [2.05, 4.69) is 0 Å². The summed E-state index contributed by atoms with van der Waals surface area (Å²) in [7, 11) is 5.60. The van der Waals surface area contributed by atoms with Crippen molar-refractivity contribution in [2.45, 2.75) is 0 Å². The Balaban J connectivity index is 3.30. The van der Waals surface area contributed by atoms with Crippen LogP contribution in [0.2, 0.25) is 0 Å². The van der Waals surface area contributed by atoms with Crippen molar-refractivity contribution < 1.29 is 23.8 Å². The highest BCUT2D eigenvalue weighted by Gasteiger charge is 2.21. The van der Waals surface area contributed by atoms with Crippen molar-refractivity contribution in [2.24, 2.45) is 0 Å². The molecular formula is C12H14ClNO5. The summed E-state index contributed by atoms with van der Waals surface area (Å²) >= 11 is 5.26. The van der Waals surface area contributed by atoms with Crippen LogP contribution in [0.25, 0.3) is 0 Å². The summed E-state index contributed by atoms with van der Waals surface area (Å²) < 4.78 is 15.4. The van der Waals surface area contributed by atoms with Crippen molar-refractivity contribution >= 4 is 22.9 Å². The molecule has 6 nitrogen and oxygen atoms in total. The van der Waals surface area contributed by atoms with Gasteiger partial charge in [-0.1, -0.05) is 0 Å². The van der Waals surface area contributed by atoms with Gasteiger partial charge in [-0.25, -0.2) is 0 Å². The van der Waals surface area contributed by atoms with Crippen molar-refractivity contribution in [1.82, 2.24) is 4.90 Å². The van der Waals surface area contributed by atoms with E-state index < -0.39 is 11.3 Å². The highest BCUT2D eigenvalue weighted by atomic mass is 35.5. The van der Waals surface area contributed by atoms with E-state index in [1.807, 2.05) is 0 Å². The van der Waals surface area contributed by atoms with E-state index in [1.54, 1.807) is 0 Å². The number of nitrogens with zero attached hydrogens (tertiary/aromatic N) is 1. The molecule has 0 saturated carbocycles. The van der Waals surface area contributed by atoms with Gasteiger partial charge in [0.15, 0.2) is 11.5 Å². The molecule has 0 atom stereocenters. The molecule has 0 unspecified atom stereocenters. The molecule has 1 rings (SSSR count). The van der Waals surface area contributed by atoms with Crippen molar-refractivity contribution in [3.8, 4) is 17.2 Å². The molecule has 0 saturated heterocycles. The molecule has 0 aliphatic rings. The molecule has 19 heavy (non-hydrogen) atoms. The van der Waals surface area contributed by atoms with Gasteiger partial charge in [0, 0.05) is 12.6 Å². The predicted octanol–water partition coefficient (Wildman–Crippen LogP) is 2.14. The van der Waals surface area contributed by atoms with Crippen LogP contribution in [0.5, 0.6) is 17.2 Å². The van der Waals surface area contributed by atoms with Gasteiger partial charge in [0.1, 0.15) is 0 Å². The van der Waals surface area contributed by atoms with Gasteiger partial charge < -0.3 is 14.2 Å². The van der Waals surface area contributed by atoms with Crippen LogP contribution in [0.1, 0.15) is 10.4 Å². The molecule has 1 aromatic rings. The van der Waals surface area contributed by atoms with Crippen LogP contribution in [0.4, 0.5) is 4.79 Å². The van der Waals surface area contributed by atoms with Gasteiger partial charge in [-0.2, -0.15) is 0 Å². The Morgan fingerprint density at radius 1 is 1.05 bits per heavy atom. The number of carbonyl (C=O) groups is 2. The second-order valence-electron chi connectivity index (χ2n) is 3.53. The third kappa shape index (κ3) is 3.08. The molecule has 0 fully saturated rings. The Kier molecular flexibility index (Phi) is 5.00. The Morgan fingerprint density at radius 2 is 1.53 bits per heavy atom. The van der Waals surface area contributed by atoms with Crippen molar-refractivity contribution in [2.75, 3.05) is 28.4 Å². The summed E-state index contributed by atoms with van der Waals surface area (Å²) in [5.41, 5.74) is 0.200. The number of amides is 2. The summed E-state index contributed by atoms with van der Waals surface area (Å²) in [5, 5.41) is -0.876. The Labute approximate surface area is 115 Å². The first-order chi connectivity index (χ1) is 8.96. The van der Waals surface area contributed by atoms with E-state index in [4.69, 9.17) is 25.8 Å². The smallest absolute Gasteiger partial charge is 0.323 e. The number of hydrogen-bond donors (Lipinski definition) is 0. The quantitative estimate of drug-likeness (QED) is 0.627. The Bertz CT molecular complexity index is 478. The zero-order valence-corrected chi connectivity index (χ0v) is 11.8. The lowest BCUT2D eigenvalue weighted by Gasteiger charge is -2.16. The minimum absolute atomic E-state index is 0.200. The average molecular weight is 288 g/mol. The van der Waals surface area contributed by atoms with Gasteiger partial charge in [0.2, 0.25) is 5.75 Å². The van der Waals surface area contributed by atoms with Gasteiger partial charge >= 0.3 is 5.37 Å². The molecule has 0 aromatic heterocycles. The lowest BCUT2D eigenvalue weighted by molar-refractivity contribution is 0.0846. The average Bonchev–Trinajstić information content (AvgIpc) is 2.43. The first-order valence-electron chi connectivity index (χ1n) is 5.23. The van der Waals surface area contributed by atoms with Crippen LogP contribution in [-0.2, 0) is 0 Å². The fraction of sp³-hybridized carbons (Fsp3) is 0.333. The molecule has 0 aliphatic carbocycles. The third-order valence-corrected chi connectivity index (χ3v) is 2.73. The molecule has 0 aliphatic heterocycles. The number of hydrogen-bond acceptors (Lipinski definition) is 5. The maximum atomic E-state index is 12.0. The first-order valence-corrected chi connectivity index (χ1v) is 5.61. The van der Waals surface area contributed by atoms with Gasteiger partial charge in [0.25, 0.3) is 5.91 Å². The molecular weight excluding hydrogens is 274 g/mol. The van der Waals surface area contributed by atoms with Crippen molar-refractivity contribution in [3.05, 3.63) is 17.7 Å². The van der Waals surface area contributed by atoms with Crippen LogP contribution in [0.3, 0.4) is 0 Å². The summed E-state index contributed by atoms with van der Waals surface area (Å²) in [6.07, 6.45) is 0. The molecule has 0 bridgehead atoms. The van der Waals surface area contributed by atoms with E-state index in [0.29, 0.717) is 17.2 Å². The van der Waals surface area contributed by atoms with Crippen LogP contribution in [-0.4, -0.2) is 44.6 Å². The number of methoxy groups -OCH3 is 3. The molecule has 0 N–H and O–H groups in total. The SMILES string of the molecule is COc1cc(C(=O)N(C)C(=O)Cl)cc(OC)c1OC. The van der Waals surface area contributed by atoms with Crippen molar-refractivity contribution in [1.29, 1.82) is 0 Å². The summed E-state index contributed by atoms with van der Waals surface area (Å²) in [6.45, 7) is 0. The largest absolute Gasteiger partial charge is 0.493 e. The first kappa shape index (κ1) is 15.1. The van der Waals surface area contributed by atoms with E-state index in [9.17, 15) is 9.59 Å². The normalized spacial score (nSPS) is 9.74. The lowest BCUT2D eigenvalue weighted by Crippen LogP contribution is -2.28. The maximum Gasteiger partial charge on any atom is 0.323 e. The zero-order chi connectivity index (χ0) is 14.6. The van der Waals surface area contributed by atoms with Crippen LogP contribution >= 0.6 is 11.6 Å². The monoisotopic (exact) mass is 287 g/mol. The second kappa shape index (κ2) is 6.29. The molecule has 0 radical (unpaired) electrons. The number of carbonyl (C=O) groups excluding carboxylic acids is 2. The van der Waals surface area contributed by atoms with Crippen molar-refractivity contribution in [3.63, 3.8) is 0 Å². The summed E-state index contributed by atoms with van der Waals surface area (Å²) in [5.74, 6) is 0.432. The minimum atomic E-state index is -0.876. The molecule has 7 heteroatoms. The standard InChI is InChI=1S/C12H14ClNO5/c1-14(12(13)16)11(15)7-5-8(17-2)10(19-4)9(6-7)18-3/h5-6H,1-4H3. The van der Waals surface area contributed by atoms with Crippen LogP contribution in [0.15, 0.2) is 12.1 Å². The number of rotatable bonds is 4. The van der Waals surface area contributed by atoms with Gasteiger partial charge in [-0.3, -0.25) is 14.5 Å². The topological polar surface area (TPSA) is 65.1 Å². The highest BCUT2D eigenvalue weighted by molar-refractivity contribution is 6.64. The number of ether oxygens (including phenoxy) is 3. The van der Waals surface area contributed by atoms with Gasteiger partial charge in [-0.05, 0) is 23.7 Å². The number of halogens is 1. The Hall–Kier alpha value is -1.95.